The Morgan fingerprint density at radius 2 is 2.12 bits per heavy atom. The van der Waals surface area contributed by atoms with Crippen molar-refractivity contribution in [2.45, 2.75) is 32.7 Å². The second-order valence-electron chi connectivity index (χ2n) is 7.91. The number of pyridine rings is 2. The molecular weight excluding hydrogens is 436 g/mol. The van der Waals surface area contributed by atoms with E-state index >= 15 is 0 Å². The first kappa shape index (κ1) is 23.7. The topological polar surface area (TPSA) is 123 Å². The number of methoxy groups -OCH3 is 1. The molecule has 2 aromatic rings. The Bertz CT molecular complexity index is 996. The minimum atomic E-state index is -0.924. The number of carbonyl (C=O) groups is 2. The number of carboxylic acid groups (broad SMARTS) is 1. The fraction of sp³-hybridized carbons (Fsp3) is 0.455. The van der Waals surface area contributed by atoms with Crippen LogP contribution in [-0.4, -0.2) is 53.8 Å². The summed E-state index contributed by atoms with van der Waals surface area (Å²) in [6.45, 7) is 4.75. The molecule has 0 unspecified atom stereocenters. The van der Waals surface area contributed by atoms with Crippen molar-refractivity contribution < 1.29 is 24.2 Å². The van der Waals surface area contributed by atoms with Crippen LogP contribution in [0.4, 0.5) is 5.82 Å². The number of anilines is 1. The predicted molar refractivity (Wildman–Crippen MR) is 119 cm³/mol. The van der Waals surface area contributed by atoms with E-state index in [1.54, 1.807) is 7.11 Å². The first-order valence-electron chi connectivity index (χ1n) is 10.3. The zero-order valence-electron chi connectivity index (χ0n) is 18.3. The smallest absolute Gasteiger partial charge is 0.304 e. The third-order valence-corrected chi connectivity index (χ3v) is 5.65. The molecule has 1 saturated heterocycles. The molecule has 10 heteroatoms. The summed E-state index contributed by atoms with van der Waals surface area (Å²) >= 11 is 6.38. The van der Waals surface area contributed by atoms with Crippen molar-refractivity contribution in [3.05, 3.63) is 46.4 Å². The molecule has 9 nitrogen and oxygen atoms in total. The van der Waals surface area contributed by atoms with Crippen molar-refractivity contribution in [3.8, 4) is 5.75 Å². The van der Waals surface area contributed by atoms with E-state index in [9.17, 15) is 9.59 Å². The molecule has 1 aliphatic heterocycles. The van der Waals surface area contributed by atoms with Crippen molar-refractivity contribution in [2.24, 2.45) is 5.41 Å². The van der Waals surface area contributed by atoms with Gasteiger partial charge in [-0.3, -0.25) is 14.6 Å². The van der Waals surface area contributed by atoms with Crippen LogP contribution in [0.5, 0.6) is 5.75 Å². The van der Waals surface area contributed by atoms with Gasteiger partial charge < -0.3 is 25.2 Å². The average molecular weight is 463 g/mol. The lowest BCUT2D eigenvalue weighted by Crippen LogP contribution is -2.52. The fourth-order valence-electron chi connectivity index (χ4n) is 3.47. The van der Waals surface area contributed by atoms with Crippen LogP contribution >= 0.6 is 11.6 Å². The Morgan fingerprint density at radius 1 is 1.38 bits per heavy atom. The van der Waals surface area contributed by atoms with Gasteiger partial charge in [-0.15, -0.1) is 0 Å². The summed E-state index contributed by atoms with van der Waals surface area (Å²) in [5, 5.41) is 15.3. The van der Waals surface area contributed by atoms with Crippen LogP contribution in [0.1, 0.15) is 48.1 Å². The summed E-state index contributed by atoms with van der Waals surface area (Å²) in [5.74, 6) is -0.233. The van der Waals surface area contributed by atoms with E-state index in [0.29, 0.717) is 24.8 Å². The van der Waals surface area contributed by atoms with Crippen molar-refractivity contribution in [1.82, 2.24) is 15.3 Å². The van der Waals surface area contributed by atoms with Gasteiger partial charge in [-0.05, 0) is 31.5 Å². The number of halogens is 1. The first-order chi connectivity index (χ1) is 15.3. The Hall–Kier alpha value is -2.91. The average Bonchev–Trinajstić information content (AvgIpc) is 2.75. The monoisotopic (exact) mass is 462 g/mol. The number of aliphatic carboxylic acids is 1. The number of aryl methyl sites for hydroxylation is 1. The van der Waals surface area contributed by atoms with Crippen LogP contribution in [0.2, 0.25) is 5.02 Å². The maximum Gasteiger partial charge on any atom is 0.304 e. The van der Waals surface area contributed by atoms with Crippen LogP contribution in [0.3, 0.4) is 0 Å². The van der Waals surface area contributed by atoms with Crippen LogP contribution in [-0.2, 0) is 16.0 Å². The molecule has 0 bridgehead atoms. The van der Waals surface area contributed by atoms with Gasteiger partial charge >= 0.3 is 5.97 Å². The first-order valence-corrected chi connectivity index (χ1v) is 10.7. The lowest BCUT2D eigenvalue weighted by Gasteiger charge is -2.40. The third kappa shape index (κ3) is 5.46. The number of ether oxygens (including phenoxy) is 2. The van der Waals surface area contributed by atoms with Gasteiger partial charge in [-0.2, -0.15) is 0 Å². The number of carbonyl (C=O) groups excluding carboxylic acids is 1. The maximum absolute atomic E-state index is 12.5. The molecule has 3 N–H and O–H groups in total. The highest BCUT2D eigenvalue weighted by Gasteiger charge is 2.41. The molecule has 32 heavy (non-hydrogen) atoms. The van der Waals surface area contributed by atoms with Gasteiger partial charge in [0, 0.05) is 23.9 Å². The van der Waals surface area contributed by atoms with Gasteiger partial charge in [-0.25, -0.2) is 4.98 Å². The summed E-state index contributed by atoms with van der Waals surface area (Å²) in [6.07, 6.45) is 2.15. The molecule has 2 aromatic heterocycles. The van der Waals surface area contributed by atoms with Crippen molar-refractivity contribution in [2.75, 3.05) is 32.2 Å². The highest BCUT2D eigenvalue weighted by Crippen LogP contribution is 2.31. The van der Waals surface area contributed by atoms with Gasteiger partial charge in [-0.1, -0.05) is 18.5 Å². The summed E-state index contributed by atoms with van der Waals surface area (Å²) in [6, 6.07) is 5.08. The Labute approximate surface area is 191 Å². The van der Waals surface area contributed by atoms with Crippen molar-refractivity contribution in [1.29, 1.82) is 0 Å². The van der Waals surface area contributed by atoms with Crippen molar-refractivity contribution >= 4 is 29.3 Å². The Balaban J connectivity index is 1.67. The summed E-state index contributed by atoms with van der Waals surface area (Å²) in [5.41, 5.74) is 1.38. The molecule has 0 radical (unpaired) electrons. The van der Waals surface area contributed by atoms with Crippen molar-refractivity contribution in [3.63, 3.8) is 0 Å². The summed E-state index contributed by atoms with van der Waals surface area (Å²) in [7, 11) is 1.59. The highest BCUT2D eigenvalue weighted by atomic mass is 35.5. The summed E-state index contributed by atoms with van der Waals surface area (Å²) in [4.78, 5) is 32.5. The minimum absolute atomic E-state index is 0.0657. The maximum atomic E-state index is 12.5. The van der Waals surface area contributed by atoms with E-state index < -0.39 is 11.4 Å². The molecule has 0 aromatic carbocycles. The number of carboxylic acids is 1. The number of rotatable bonds is 10. The lowest BCUT2D eigenvalue weighted by molar-refractivity contribution is -0.155. The van der Waals surface area contributed by atoms with E-state index in [0.717, 1.165) is 17.8 Å². The number of nitrogens with one attached hydrogen (secondary N) is 2. The van der Waals surface area contributed by atoms with E-state index in [4.69, 9.17) is 26.2 Å². The standard InChI is InChI=1S/C22H27ClN4O5/c1-4-15-5-6-17(31-3)19(27-15)13(2)26-20-16(23)7-14(9-24-20)21(30)25-10-22(8-18(28)29)11-32-12-22/h5-7,9,13H,4,8,10-12H2,1-3H3,(H,24,26)(H,25,30)(H,28,29)/t13-/m0/s1. The molecule has 0 spiro atoms. The highest BCUT2D eigenvalue weighted by molar-refractivity contribution is 6.33. The summed E-state index contributed by atoms with van der Waals surface area (Å²) < 4.78 is 10.6. The molecule has 172 valence electrons. The van der Waals surface area contributed by atoms with Gasteiger partial charge in [0.25, 0.3) is 5.91 Å². The molecule has 1 atom stereocenters. The second-order valence-corrected chi connectivity index (χ2v) is 8.32. The SMILES string of the molecule is CCc1ccc(OC)c([C@H](C)Nc2ncc(C(=O)NCC3(CC(=O)O)COC3)cc2Cl)n1. The molecule has 1 aliphatic rings. The second kappa shape index (κ2) is 10.1. The van der Waals surface area contributed by atoms with E-state index in [1.807, 2.05) is 26.0 Å². The number of aromatic nitrogens is 2. The number of amides is 1. The Kier molecular flexibility index (Phi) is 7.52. The Morgan fingerprint density at radius 3 is 2.69 bits per heavy atom. The lowest BCUT2D eigenvalue weighted by atomic mass is 9.82. The quantitative estimate of drug-likeness (QED) is 0.492. The zero-order chi connectivity index (χ0) is 23.3. The predicted octanol–water partition coefficient (Wildman–Crippen LogP) is 3.10. The minimum Gasteiger partial charge on any atom is -0.495 e. The van der Waals surface area contributed by atoms with Crippen LogP contribution in [0, 0.1) is 5.41 Å². The molecule has 3 heterocycles. The van der Waals surface area contributed by atoms with Gasteiger partial charge in [0.2, 0.25) is 0 Å². The molecule has 1 fully saturated rings. The van der Waals surface area contributed by atoms with E-state index in [2.05, 4.69) is 20.6 Å². The normalized spacial score (nSPS) is 15.4. The van der Waals surface area contributed by atoms with Gasteiger partial charge in [0.05, 0.1) is 43.4 Å². The molecule has 0 aliphatic carbocycles. The van der Waals surface area contributed by atoms with Gasteiger partial charge in [0.15, 0.2) is 0 Å². The number of hydrogen-bond acceptors (Lipinski definition) is 7. The largest absolute Gasteiger partial charge is 0.495 e. The number of nitrogens with zero attached hydrogens (tertiary/aromatic N) is 2. The fourth-order valence-corrected chi connectivity index (χ4v) is 3.69. The van der Waals surface area contributed by atoms with E-state index in [-0.39, 0.29) is 35.5 Å². The number of hydrogen-bond donors (Lipinski definition) is 3. The van der Waals surface area contributed by atoms with Gasteiger partial charge in [0.1, 0.15) is 17.3 Å². The molecule has 0 saturated carbocycles. The van der Waals surface area contributed by atoms with E-state index in [1.165, 1.54) is 12.3 Å². The van der Waals surface area contributed by atoms with Crippen LogP contribution < -0.4 is 15.4 Å². The molecule has 1 amide bonds. The zero-order valence-corrected chi connectivity index (χ0v) is 19.0. The molecule has 3 rings (SSSR count). The van der Waals surface area contributed by atoms with Crippen LogP contribution in [0.15, 0.2) is 24.4 Å². The third-order valence-electron chi connectivity index (χ3n) is 5.36. The molecular formula is C22H27ClN4O5. The van der Waals surface area contributed by atoms with Crippen LogP contribution in [0.25, 0.3) is 0 Å².